The van der Waals surface area contributed by atoms with Crippen molar-refractivity contribution in [3.63, 3.8) is 0 Å². The normalized spacial score (nSPS) is 25.4. The van der Waals surface area contributed by atoms with Gasteiger partial charge in [-0.15, -0.1) is 0 Å². The number of rotatable bonds is 2. The van der Waals surface area contributed by atoms with Crippen LogP contribution in [0.15, 0.2) is 18.2 Å². The minimum atomic E-state index is -0.413. The van der Waals surface area contributed by atoms with Crippen molar-refractivity contribution in [2.75, 3.05) is 13.7 Å². The van der Waals surface area contributed by atoms with Gasteiger partial charge in [-0.3, -0.25) is 0 Å². The van der Waals surface area contributed by atoms with Gasteiger partial charge >= 0.3 is 0 Å². The highest BCUT2D eigenvalue weighted by atomic mass is 19.1. The lowest BCUT2D eigenvalue weighted by atomic mass is 9.99. The third kappa shape index (κ3) is 2.18. The molecule has 4 heteroatoms. The van der Waals surface area contributed by atoms with E-state index in [0.717, 1.165) is 0 Å². The Balaban J connectivity index is 2.25. The highest BCUT2D eigenvalue weighted by molar-refractivity contribution is 5.32. The zero-order valence-corrected chi connectivity index (χ0v) is 9.15. The first-order valence-corrected chi connectivity index (χ1v) is 5.34. The number of benzene rings is 1. The molecular formula is C12H15FO3. The maximum absolute atomic E-state index is 13.9. The topological polar surface area (TPSA) is 38.7 Å². The summed E-state index contributed by atoms with van der Waals surface area (Å²) in [5.41, 5.74) is 0.457. The Bertz CT molecular complexity index is 367. The average Bonchev–Trinajstić information content (AvgIpc) is 2.29. The number of ether oxygens (including phenoxy) is 2. The van der Waals surface area contributed by atoms with Gasteiger partial charge in [-0.1, -0.05) is 12.1 Å². The van der Waals surface area contributed by atoms with Crippen LogP contribution in [-0.4, -0.2) is 24.9 Å². The van der Waals surface area contributed by atoms with Crippen molar-refractivity contribution >= 4 is 0 Å². The highest BCUT2D eigenvalue weighted by Gasteiger charge is 2.25. The predicted molar refractivity (Wildman–Crippen MR) is 56.9 cm³/mol. The van der Waals surface area contributed by atoms with Crippen LogP contribution in [-0.2, 0) is 4.74 Å². The molecule has 0 spiro atoms. The highest BCUT2D eigenvalue weighted by Crippen LogP contribution is 2.32. The van der Waals surface area contributed by atoms with E-state index in [0.29, 0.717) is 25.0 Å². The van der Waals surface area contributed by atoms with E-state index in [4.69, 9.17) is 9.47 Å². The molecular weight excluding hydrogens is 211 g/mol. The van der Waals surface area contributed by atoms with E-state index in [-0.39, 0.29) is 11.9 Å². The van der Waals surface area contributed by atoms with Gasteiger partial charge in [0.05, 0.1) is 19.3 Å². The molecule has 2 rings (SSSR count). The van der Waals surface area contributed by atoms with Crippen LogP contribution in [0.3, 0.4) is 0 Å². The number of hydrogen-bond donors (Lipinski definition) is 1. The third-order valence-electron chi connectivity index (χ3n) is 2.82. The molecule has 0 saturated carbocycles. The number of hydrogen-bond acceptors (Lipinski definition) is 3. The number of aliphatic hydroxyl groups is 1. The van der Waals surface area contributed by atoms with Gasteiger partial charge in [0.25, 0.3) is 0 Å². The van der Waals surface area contributed by atoms with Crippen LogP contribution in [0.2, 0.25) is 0 Å². The van der Waals surface area contributed by atoms with Gasteiger partial charge in [-0.25, -0.2) is 4.39 Å². The predicted octanol–water partition coefficient (Wildman–Crippen LogP) is 2.05. The van der Waals surface area contributed by atoms with Crippen molar-refractivity contribution in [1.82, 2.24) is 0 Å². The van der Waals surface area contributed by atoms with Crippen molar-refractivity contribution in [2.24, 2.45) is 0 Å². The van der Waals surface area contributed by atoms with E-state index in [1.54, 1.807) is 18.2 Å². The van der Waals surface area contributed by atoms with Gasteiger partial charge in [0.2, 0.25) is 0 Å². The Morgan fingerprint density at radius 2 is 2.31 bits per heavy atom. The van der Waals surface area contributed by atoms with Gasteiger partial charge in [-0.2, -0.15) is 0 Å². The van der Waals surface area contributed by atoms with E-state index >= 15 is 0 Å². The summed E-state index contributed by atoms with van der Waals surface area (Å²) in [6.45, 7) is 0.461. The molecule has 2 atom stereocenters. The number of methoxy groups -OCH3 is 1. The first kappa shape index (κ1) is 11.4. The molecule has 1 N–H and O–H groups in total. The molecule has 2 unspecified atom stereocenters. The molecule has 1 aliphatic heterocycles. The molecule has 1 aromatic rings. The Morgan fingerprint density at radius 1 is 1.50 bits per heavy atom. The van der Waals surface area contributed by atoms with Crippen LogP contribution < -0.4 is 4.74 Å². The maximum atomic E-state index is 13.9. The second-order valence-electron chi connectivity index (χ2n) is 3.90. The standard InChI is InChI=1S/C12H15FO3/c1-15-10-4-2-3-9(12(10)13)11-7-8(14)5-6-16-11/h2-4,8,11,14H,5-7H2,1H3. The molecule has 1 saturated heterocycles. The fourth-order valence-electron chi connectivity index (χ4n) is 1.93. The Morgan fingerprint density at radius 3 is 3.00 bits per heavy atom. The zero-order chi connectivity index (χ0) is 11.5. The Labute approximate surface area is 93.8 Å². The molecule has 3 nitrogen and oxygen atoms in total. The lowest BCUT2D eigenvalue weighted by molar-refractivity contribution is -0.0462. The maximum Gasteiger partial charge on any atom is 0.170 e. The molecule has 88 valence electrons. The van der Waals surface area contributed by atoms with Crippen LogP contribution in [0.25, 0.3) is 0 Å². The van der Waals surface area contributed by atoms with Crippen molar-refractivity contribution < 1.29 is 19.0 Å². The summed E-state index contributed by atoms with van der Waals surface area (Å²) in [6.07, 6.45) is 0.259. The molecule has 0 aromatic heterocycles. The fourth-order valence-corrected chi connectivity index (χ4v) is 1.93. The molecule has 1 fully saturated rings. The summed E-state index contributed by atoms with van der Waals surface area (Å²) < 4.78 is 24.3. The molecule has 0 aliphatic carbocycles. The smallest absolute Gasteiger partial charge is 0.170 e. The van der Waals surface area contributed by atoms with Crippen molar-refractivity contribution in [2.45, 2.75) is 25.0 Å². The van der Waals surface area contributed by atoms with Crippen molar-refractivity contribution in [3.05, 3.63) is 29.6 Å². The molecule has 0 bridgehead atoms. The van der Waals surface area contributed by atoms with E-state index in [2.05, 4.69) is 0 Å². The lowest BCUT2D eigenvalue weighted by Crippen LogP contribution is -2.24. The largest absolute Gasteiger partial charge is 0.494 e. The Kier molecular flexibility index (Phi) is 3.41. The van der Waals surface area contributed by atoms with Gasteiger partial charge in [0, 0.05) is 18.6 Å². The van der Waals surface area contributed by atoms with Gasteiger partial charge < -0.3 is 14.6 Å². The van der Waals surface area contributed by atoms with Gasteiger partial charge in [0.15, 0.2) is 11.6 Å². The summed E-state index contributed by atoms with van der Waals surface area (Å²) >= 11 is 0. The van der Waals surface area contributed by atoms with Crippen LogP contribution in [0, 0.1) is 5.82 Å². The SMILES string of the molecule is COc1cccc(C2CC(O)CCO2)c1F. The summed E-state index contributed by atoms with van der Waals surface area (Å²) in [7, 11) is 1.43. The van der Waals surface area contributed by atoms with E-state index in [9.17, 15) is 9.50 Å². The van der Waals surface area contributed by atoms with Crippen molar-refractivity contribution in [3.8, 4) is 5.75 Å². The summed E-state index contributed by atoms with van der Waals surface area (Å²) in [6, 6.07) is 4.96. The van der Waals surface area contributed by atoms with Crippen LogP contribution in [0.5, 0.6) is 5.75 Å². The second kappa shape index (κ2) is 4.80. The molecule has 1 aliphatic rings. The molecule has 16 heavy (non-hydrogen) atoms. The first-order valence-electron chi connectivity index (χ1n) is 5.34. The minimum Gasteiger partial charge on any atom is -0.494 e. The van der Waals surface area contributed by atoms with Gasteiger partial charge in [0.1, 0.15) is 0 Å². The van der Waals surface area contributed by atoms with Crippen LogP contribution in [0.4, 0.5) is 4.39 Å². The van der Waals surface area contributed by atoms with Crippen molar-refractivity contribution in [1.29, 1.82) is 0 Å². The minimum absolute atomic E-state index is 0.209. The zero-order valence-electron chi connectivity index (χ0n) is 9.15. The number of aliphatic hydroxyl groups excluding tert-OH is 1. The van der Waals surface area contributed by atoms with Crippen LogP contribution >= 0.6 is 0 Å². The molecule has 0 radical (unpaired) electrons. The quantitative estimate of drug-likeness (QED) is 0.838. The van der Waals surface area contributed by atoms with E-state index in [1.165, 1.54) is 7.11 Å². The fraction of sp³-hybridized carbons (Fsp3) is 0.500. The summed E-state index contributed by atoms with van der Waals surface area (Å²) in [5, 5.41) is 9.52. The summed E-state index contributed by atoms with van der Waals surface area (Å²) in [5.74, 6) is -0.190. The molecule has 1 heterocycles. The summed E-state index contributed by atoms with van der Waals surface area (Å²) in [4.78, 5) is 0. The third-order valence-corrected chi connectivity index (χ3v) is 2.82. The van der Waals surface area contributed by atoms with Crippen LogP contribution in [0.1, 0.15) is 24.5 Å². The van der Waals surface area contributed by atoms with Gasteiger partial charge in [-0.05, 0) is 12.5 Å². The lowest BCUT2D eigenvalue weighted by Gasteiger charge is -2.27. The number of halogens is 1. The Hall–Kier alpha value is -1.13. The first-order chi connectivity index (χ1) is 7.72. The molecule has 1 aromatic carbocycles. The monoisotopic (exact) mass is 226 g/mol. The van der Waals surface area contributed by atoms with E-state index < -0.39 is 11.9 Å². The molecule has 0 amide bonds. The second-order valence-corrected chi connectivity index (χ2v) is 3.90. The average molecular weight is 226 g/mol. The van der Waals surface area contributed by atoms with E-state index in [1.807, 2.05) is 0 Å².